The van der Waals surface area contributed by atoms with Crippen molar-refractivity contribution in [1.82, 2.24) is 19.1 Å². The largest absolute Gasteiger partial charge is 0.286 e. The van der Waals surface area contributed by atoms with Gasteiger partial charge in [0.2, 0.25) is 5.91 Å². The highest BCUT2D eigenvalue weighted by molar-refractivity contribution is 7.91. The smallest absolute Gasteiger partial charge is 0.252 e. The summed E-state index contributed by atoms with van der Waals surface area (Å²) >= 11 is 7.96. The standard InChI is InChI=1S/C24H24ClF2N5O3S3/c1-14-11-15(2)32(29-14)10-9-31(24-28-22-18(27)12-17(26)13-19(22)36-24)23(33)16-5-7-30(8-6-16)38(34,35)21-4-3-20(25)37-21/h3-4,11-13,16H,5-10H2,1-2H3. The molecule has 1 amide bonds. The van der Waals surface area contributed by atoms with Crippen molar-refractivity contribution in [2.24, 2.45) is 5.92 Å². The van der Waals surface area contributed by atoms with Crippen molar-refractivity contribution in [3.05, 3.63) is 57.7 Å². The van der Waals surface area contributed by atoms with E-state index in [4.69, 9.17) is 11.6 Å². The van der Waals surface area contributed by atoms with Crippen LogP contribution < -0.4 is 4.90 Å². The van der Waals surface area contributed by atoms with Crippen LogP contribution in [0.1, 0.15) is 24.2 Å². The van der Waals surface area contributed by atoms with Gasteiger partial charge in [-0.2, -0.15) is 9.40 Å². The van der Waals surface area contributed by atoms with Crippen LogP contribution in [0, 0.1) is 31.4 Å². The second-order valence-electron chi connectivity index (χ2n) is 9.11. The number of carbonyl (C=O) groups excluding carboxylic acids is 1. The molecule has 0 N–H and O–H groups in total. The second kappa shape index (κ2) is 10.6. The van der Waals surface area contributed by atoms with Crippen LogP contribution in [0.25, 0.3) is 10.2 Å². The Morgan fingerprint density at radius 3 is 2.53 bits per heavy atom. The number of thiazole rings is 1. The molecule has 4 aromatic rings. The van der Waals surface area contributed by atoms with Crippen molar-refractivity contribution in [2.45, 2.75) is 37.4 Å². The number of carbonyl (C=O) groups is 1. The highest BCUT2D eigenvalue weighted by Crippen LogP contribution is 2.34. The lowest BCUT2D eigenvalue weighted by Gasteiger charge is -2.32. The summed E-state index contributed by atoms with van der Waals surface area (Å²) in [5.41, 5.74) is 1.78. The van der Waals surface area contributed by atoms with E-state index in [2.05, 4.69) is 10.1 Å². The van der Waals surface area contributed by atoms with E-state index in [1.807, 2.05) is 19.9 Å². The van der Waals surface area contributed by atoms with Gasteiger partial charge in [-0.15, -0.1) is 11.3 Å². The zero-order chi connectivity index (χ0) is 27.2. The van der Waals surface area contributed by atoms with Gasteiger partial charge in [-0.25, -0.2) is 22.2 Å². The normalized spacial score (nSPS) is 15.4. The van der Waals surface area contributed by atoms with Gasteiger partial charge in [-0.3, -0.25) is 14.4 Å². The predicted octanol–water partition coefficient (Wildman–Crippen LogP) is 5.24. The summed E-state index contributed by atoms with van der Waals surface area (Å²) in [5, 5.41) is 4.72. The summed E-state index contributed by atoms with van der Waals surface area (Å²) in [4.78, 5) is 19.6. The van der Waals surface area contributed by atoms with Crippen LogP contribution in [0.15, 0.2) is 34.5 Å². The second-order valence-corrected chi connectivity index (χ2v) is 14.0. The average Bonchev–Trinajstić information content (AvgIpc) is 3.58. The number of sulfonamides is 1. The van der Waals surface area contributed by atoms with Gasteiger partial charge in [0.05, 0.1) is 21.3 Å². The first kappa shape index (κ1) is 27.1. The Morgan fingerprint density at radius 2 is 1.89 bits per heavy atom. The maximum Gasteiger partial charge on any atom is 0.252 e. The molecule has 0 spiro atoms. The number of benzene rings is 1. The van der Waals surface area contributed by atoms with Crippen LogP contribution in [-0.4, -0.2) is 53.0 Å². The number of thiophene rings is 1. The fraction of sp³-hybridized carbons (Fsp3) is 0.375. The minimum Gasteiger partial charge on any atom is -0.286 e. The molecule has 38 heavy (non-hydrogen) atoms. The van der Waals surface area contributed by atoms with Gasteiger partial charge >= 0.3 is 0 Å². The highest BCUT2D eigenvalue weighted by atomic mass is 35.5. The number of piperidine rings is 1. The summed E-state index contributed by atoms with van der Waals surface area (Å²) in [5.74, 6) is -2.20. The lowest BCUT2D eigenvalue weighted by Crippen LogP contribution is -2.45. The van der Waals surface area contributed by atoms with E-state index in [0.717, 1.165) is 40.1 Å². The van der Waals surface area contributed by atoms with Crippen LogP contribution in [0.2, 0.25) is 4.34 Å². The molecule has 1 fully saturated rings. The third-order valence-corrected chi connectivity index (χ3v) is 11.1. The van der Waals surface area contributed by atoms with Gasteiger partial charge in [0.15, 0.2) is 10.9 Å². The van der Waals surface area contributed by atoms with E-state index in [9.17, 15) is 22.0 Å². The number of hydrogen-bond acceptors (Lipinski definition) is 7. The van der Waals surface area contributed by atoms with E-state index in [1.165, 1.54) is 21.3 Å². The number of amides is 1. The number of fused-ring (bicyclic) bond motifs is 1. The lowest BCUT2D eigenvalue weighted by molar-refractivity contribution is -0.123. The zero-order valence-corrected chi connectivity index (χ0v) is 23.7. The highest BCUT2D eigenvalue weighted by Gasteiger charge is 2.35. The SMILES string of the molecule is Cc1cc(C)n(CCN(C(=O)C2CCN(S(=O)(=O)c3ccc(Cl)s3)CC2)c2nc3c(F)cc(F)cc3s2)n1. The summed E-state index contributed by atoms with van der Waals surface area (Å²) in [6.07, 6.45) is 0.642. The summed E-state index contributed by atoms with van der Waals surface area (Å²) in [6.45, 7) is 4.75. The third-order valence-electron chi connectivity index (χ3n) is 6.48. The van der Waals surface area contributed by atoms with E-state index in [-0.39, 0.29) is 40.4 Å². The maximum absolute atomic E-state index is 14.4. The molecule has 1 aliphatic rings. The quantitative estimate of drug-likeness (QED) is 0.290. The lowest BCUT2D eigenvalue weighted by atomic mass is 9.96. The molecule has 1 saturated heterocycles. The van der Waals surface area contributed by atoms with E-state index in [1.54, 1.807) is 10.7 Å². The Bertz CT molecular complexity index is 1610. The topological polar surface area (TPSA) is 88.4 Å². The molecule has 0 bridgehead atoms. The number of aryl methyl sites for hydroxylation is 2. The van der Waals surface area contributed by atoms with E-state index >= 15 is 0 Å². The van der Waals surface area contributed by atoms with Gasteiger partial charge < -0.3 is 0 Å². The molecular weight excluding hydrogens is 576 g/mol. The average molecular weight is 600 g/mol. The summed E-state index contributed by atoms with van der Waals surface area (Å²) in [6, 6.07) is 6.92. The van der Waals surface area contributed by atoms with Gasteiger partial charge in [0, 0.05) is 37.3 Å². The minimum atomic E-state index is -3.69. The Hall–Kier alpha value is -2.45. The number of halogens is 3. The maximum atomic E-state index is 14.4. The van der Waals surface area contributed by atoms with E-state index in [0.29, 0.717) is 28.4 Å². The van der Waals surface area contributed by atoms with Crippen molar-refractivity contribution in [3.63, 3.8) is 0 Å². The van der Waals surface area contributed by atoms with Crippen molar-refractivity contribution in [2.75, 3.05) is 24.5 Å². The van der Waals surface area contributed by atoms with Crippen LogP contribution in [0.4, 0.5) is 13.9 Å². The first-order valence-electron chi connectivity index (χ1n) is 11.9. The molecule has 8 nitrogen and oxygen atoms in total. The van der Waals surface area contributed by atoms with Crippen LogP contribution in [0.3, 0.4) is 0 Å². The minimum absolute atomic E-state index is 0.00540. The fourth-order valence-electron chi connectivity index (χ4n) is 4.58. The molecule has 0 unspecified atom stereocenters. The molecule has 0 radical (unpaired) electrons. The van der Waals surface area contributed by atoms with Crippen molar-refractivity contribution < 1.29 is 22.0 Å². The molecule has 4 heterocycles. The number of rotatable bonds is 7. The first-order chi connectivity index (χ1) is 18.0. The molecule has 202 valence electrons. The van der Waals surface area contributed by atoms with Crippen LogP contribution in [0.5, 0.6) is 0 Å². The van der Waals surface area contributed by atoms with Gasteiger partial charge in [0.1, 0.15) is 15.5 Å². The van der Waals surface area contributed by atoms with Crippen molar-refractivity contribution in [3.8, 4) is 0 Å². The van der Waals surface area contributed by atoms with Crippen LogP contribution >= 0.6 is 34.3 Å². The molecule has 1 aliphatic heterocycles. The Kier molecular flexibility index (Phi) is 7.57. The number of nitrogens with zero attached hydrogens (tertiary/aromatic N) is 5. The molecular formula is C24H24ClF2N5O3S3. The molecule has 0 atom stereocenters. The monoisotopic (exact) mass is 599 g/mol. The Balaban J connectivity index is 1.38. The van der Waals surface area contributed by atoms with Gasteiger partial charge in [0.25, 0.3) is 10.0 Å². The predicted molar refractivity (Wildman–Crippen MR) is 144 cm³/mol. The fourth-order valence-corrected chi connectivity index (χ4v) is 8.73. The van der Waals surface area contributed by atoms with Crippen molar-refractivity contribution in [1.29, 1.82) is 0 Å². The van der Waals surface area contributed by atoms with Gasteiger partial charge in [-0.1, -0.05) is 22.9 Å². The summed E-state index contributed by atoms with van der Waals surface area (Å²) < 4.78 is 58.2. The van der Waals surface area contributed by atoms with Gasteiger partial charge in [-0.05, 0) is 51.0 Å². The molecule has 1 aromatic carbocycles. The first-order valence-corrected chi connectivity index (χ1v) is 15.3. The molecule has 0 aliphatic carbocycles. The Labute approximate surface area is 231 Å². The Morgan fingerprint density at radius 1 is 1.16 bits per heavy atom. The molecule has 5 rings (SSSR count). The number of aromatic nitrogens is 3. The molecule has 0 saturated carbocycles. The molecule has 14 heteroatoms. The zero-order valence-electron chi connectivity index (χ0n) is 20.5. The number of anilines is 1. The van der Waals surface area contributed by atoms with Crippen LogP contribution in [-0.2, 0) is 21.4 Å². The van der Waals surface area contributed by atoms with E-state index < -0.39 is 27.6 Å². The number of hydrogen-bond donors (Lipinski definition) is 0. The summed E-state index contributed by atoms with van der Waals surface area (Å²) in [7, 11) is -3.69. The third kappa shape index (κ3) is 5.34. The van der Waals surface area contributed by atoms with Crippen molar-refractivity contribution >= 4 is 65.6 Å². The molecule has 3 aromatic heterocycles.